The molecule has 0 aliphatic carbocycles. The van der Waals surface area contributed by atoms with Crippen LogP contribution in [0.1, 0.15) is 10.6 Å². The Labute approximate surface area is 137 Å². The second-order valence-electron chi connectivity index (χ2n) is 4.53. The lowest BCUT2D eigenvalue weighted by Crippen LogP contribution is -2.15. The lowest BCUT2D eigenvalue weighted by molar-refractivity contribution is 0.0558. The van der Waals surface area contributed by atoms with E-state index in [1.165, 1.54) is 33.6 Å². The van der Waals surface area contributed by atoms with Gasteiger partial charge in [-0.3, -0.25) is 4.98 Å². The number of hydrogen-bond acceptors (Lipinski definition) is 8. The molecule has 0 spiro atoms. The molecule has 0 N–H and O–H groups in total. The lowest BCUT2D eigenvalue weighted by atomic mass is 10.1. The molecule has 0 saturated carbocycles. The molecule has 2 rings (SSSR count). The molecule has 0 aliphatic rings. The monoisotopic (exact) mass is 335 g/mol. The van der Waals surface area contributed by atoms with E-state index in [0.717, 1.165) is 0 Å². The highest BCUT2D eigenvalue weighted by molar-refractivity contribution is 5.88. The van der Waals surface area contributed by atoms with Gasteiger partial charge in [-0.1, -0.05) is 0 Å². The maximum Gasteiger partial charge on any atom is 0.379 e. The standard InChI is InChI=1S/C16H17NO7/c1-20-7-8-23-14-10(13-11(21-2)5-4-6-17-13)9-12(15(18)22-3)24-16(14)19/h4-6,9H,7-8H2,1-3H3. The normalized spacial score (nSPS) is 10.3. The number of carbonyl (C=O) groups is 1. The summed E-state index contributed by atoms with van der Waals surface area (Å²) < 4.78 is 25.2. The minimum atomic E-state index is -0.822. The minimum absolute atomic E-state index is 0.0864. The first kappa shape index (κ1) is 17.5. The Kier molecular flexibility index (Phi) is 5.91. The van der Waals surface area contributed by atoms with Crippen molar-refractivity contribution in [2.45, 2.75) is 0 Å². The molecule has 0 fully saturated rings. The Bertz CT molecular complexity index is 769. The van der Waals surface area contributed by atoms with Gasteiger partial charge in [0, 0.05) is 19.4 Å². The van der Waals surface area contributed by atoms with Crippen molar-refractivity contribution in [1.29, 1.82) is 0 Å². The third kappa shape index (κ3) is 3.72. The molecule has 0 bridgehead atoms. The molecule has 8 heteroatoms. The van der Waals surface area contributed by atoms with Gasteiger partial charge in [-0.25, -0.2) is 9.59 Å². The van der Waals surface area contributed by atoms with Gasteiger partial charge in [0.1, 0.15) is 18.1 Å². The van der Waals surface area contributed by atoms with E-state index in [1.807, 2.05) is 0 Å². The second kappa shape index (κ2) is 8.11. The first-order valence-electron chi connectivity index (χ1n) is 7.00. The summed E-state index contributed by atoms with van der Waals surface area (Å²) in [6.45, 7) is 0.401. The van der Waals surface area contributed by atoms with Gasteiger partial charge < -0.3 is 23.4 Å². The minimum Gasteiger partial charge on any atom is -0.494 e. The number of rotatable bonds is 7. The van der Waals surface area contributed by atoms with Crippen LogP contribution in [-0.4, -0.2) is 45.5 Å². The van der Waals surface area contributed by atoms with Gasteiger partial charge in [-0.05, 0) is 12.1 Å². The van der Waals surface area contributed by atoms with Crippen LogP contribution in [0.2, 0.25) is 0 Å². The zero-order valence-electron chi connectivity index (χ0n) is 13.5. The van der Waals surface area contributed by atoms with Crippen molar-refractivity contribution < 1.29 is 28.2 Å². The number of aromatic nitrogens is 1. The fourth-order valence-electron chi connectivity index (χ4n) is 1.98. The van der Waals surface area contributed by atoms with Gasteiger partial charge in [0.2, 0.25) is 11.5 Å². The molecule has 0 aromatic carbocycles. The summed E-state index contributed by atoms with van der Waals surface area (Å²) >= 11 is 0. The highest BCUT2D eigenvalue weighted by Crippen LogP contribution is 2.33. The summed E-state index contributed by atoms with van der Waals surface area (Å²) in [5, 5.41) is 0. The Morgan fingerprint density at radius 3 is 2.71 bits per heavy atom. The van der Waals surface area contributed by atoms with Crippen LogP contribution >= 0.6 is 0 Å². The van der Waals surface area contributed by atoms with Crippen LogP contribution in [0.3, 0.4) is 0 Å². The molecular formula is C16H17NO7. The van der Waals surface area contributed by atoms with Crippen LogP contribution in [-0.2, 0) is 9.47 Å². The molecule has 0 amide bonds. The summed E-state index contributed by atoms with van der Waals surface area (Å²) in [5.41, 5.74) is -0.220. The summed E-state index contributed by atoms with van der Waals surface area (Å²) in [6, 6.07) is 4.69. The van der Waals surface area contributed by atoms with Crippen LogP contribution in [0, 0.1) is 0 Å². The number of methoxy groups -OCH3 is 3. The van der Waals surface area contributed by atoms with Crippen LogP contribution in [0.15, 0.2) is 33.6 Å². The van der Waals surface area contributed by atoms with E-state index in [1.54, 1.807) is 12.1 Å². The molecule has 0 saturated heterocycles. The maximum absolute atomic E-state index is 12.2. The van der Waals surface area contributed by atoms with Crippen LogP contribution < -0.4 is 15.1 Å². The third-order valence-electron chi connectivity index (χ3n) is 3.07. The van der Waals surface area contributed by atoms with E-state index in [-0.39, 0.29) is 30.3 Å². The van der Waals surface area contributed by atoms with Gasteiger partial charge in [0.15, 0.2) is 0 Å². The molecule has 8 nitrogen and oxygen atoms in total. The van der Waals surface area contributed by atoms with E-state index < -0.39 is 11.6 Å². The molecule has 0 unspecified atom stereocenters. The van der Waals surface area contributed by atoms with E-state index >= 15 is 0 Å². The largest absolute Gasteiger partial charge is 0.494 e. The van der Waals surface area contributed by atoms with Crippen molar-refractivity contribution in [3.8, 4) is 22.8 Å². The molecule has 0 aliphatic heterocycles. The molecule has 24 heavy (non-hydrogen) atoms. The molecule has 0 radical (unpaired) electrons. The first-order valence-corrected chi connectivity index (χ1v) is 7.00. The van der Waals surface area contributed by atoms with E-state index in [4.69, 9.17) is 18.6 Å². The first-order chi connectivity index (χ1) is 11.6. The summed E-state index contributed by atoms with van der Waals surface area (Å²) in [5.74, 6) is -0.719. The lowest BCUT2D eigenvalue weighted by Gasteiger charge is -2.12. The van der Waals surface area contributed by atoms with Gasteiger partial charge in [0.05, 0.1) is 26.4 Å². The van der Waals surface area contributed by atoms with Crippen LogP contribution in [0.25, 0.3) is 11.3 Å². The number of pyridine rings is 1. The highest BCUT2D eigenvalue weighted by atomic mass is 16.5. The van der Waals surface area contributed by atoms with E-state index in [0.29, 0.717) is 11.4 Å². The molecule has 2 aromatic heterocycles. The van der Waals surface area contributed by atoms with E-state index in [9.17, 15) is 9.59 Å². The highest BCUT2D eigenvalue weighted by Gasteiger charge is 2.22. The fraction of sp³-hybridized carbons (Fsp3) is 0.312. The Morgan fingerprint density at radius 1 is 1.25 bits per heavy atom. The van der Waals surface area contributed by atoms with Crippen molar-refractivity contribution in [2.24, 2.45) is 0 Å². The predicted octanol–water partition coefficient (Wildman–Crippen LogP) is 1.52. The average molecular weight is 335 g/mol. The zero-order chi connectivity index (χ0) is 17.5. The zero-order valence-corrected chi connectivity index (χ0v) is 13.5. The molecule has 2 aromatic rings. The number of esters is 1. The molecule has 0 atom stereocenters. The summed E-state index contributed by atoms with van der Waals surface area (Å²) in [7, 11) is 4.17. The van der Waals surface area contributed by atoms with Gasteiger partial charge in [-0.2, -0.15) is 0 Å². The second-order valence-corrected chi connectivity index (χ2v) is 4.53. The molecule has 128 valence electrons. The quantitative estimate of drug-likeness (QED) is 0.555. The number of hydrogen-bond donors (Lipinski definition) is 0. The number of carbonyl (C=O) groups excluding carboxylic acids is 1. The third-order valence-corrected chi connectivity index (χ3v) is 3.07. The Morgan fingerprint density at radius 2 is 2.04 bits per heavy atom. The summed E-state index contributed by atoms with van der Waals surface area (Å²) in [4.78, 5) is 28.2. The van der Waals surface area contributed by atoms with Crippen LogP contribution in [0.4, 0.5) is 0 Å². The predicted molar refractivity (Wildman–Crippen MR) is 83.5 cm³/mol. The van der Waals surface area contributed by atoms with Crippen molar-refractivity contribution in [3.05, 3.63) is 40.6 Å². The van der Waals surface area contributed by atoms with Gasteiger partial charge in [-0.15, -0.1) is 0 Å². The van der Waals surface area contributed by atoms with E-state index in [2.05, 4.69) is 9.72 Å². The number of nitrogens with zero attached hydrogens (tertiary/aromatic N) is 1. The van der Waals surface area contributed by atoms with Crippen LogP contribution in [0.5, 0.6) is 11.5 Å². The average Bonchev–Trinajstić information content (AvgIpc) is 2.62. The van der Waals surface area contributed by atoms with Gasteiger partial charge >= 0.3 is 11.6 Å². The van der Waals surface area contributed by atoms with Crippen molar-refractivity contribution in [3.63, 3.8) is 0 Å². The van der Waals surface area contributed by atoms with Gasteiger partial charge in [0.25, 0.3) is 0 Å². The fourth-order valence-corrected chi connectivity index (χ4v) is 1.98. The molecular weight excluding hydrogens is 318 g/mol. The number of ether oxygens (including phenoxy) is 4. The SMILES string of the molecule is COCCOc1c(-c2ncccc2OC)cc(C(=O)OC)oc1=O. The van der Waals surface area contributed by atoms with Crippen molar-refractivity contribution in [1.82, 2.24) is 4.98 Å². The topological polar surface area (TPSA) is 97.1 Å². The molecule has 2 heterocycles. The summed E-state index contributed by atoms with van der Waals surface area (Å²) in [6.07, 6.45) is 1.53. The van der Waals surface area contributed by atoms with Crippen molar-refractivity contribution in [2.75, 3.05) is 34.5 Å². The Hall–Kier alpha value is -2.87. The van der Waals surface area contributed by atoms with Crippen molar-refractivity contribution >= 4 is 5.97 Å². The maximum atomic E-state index is 12.2. The Balaban J connectivity index is 2.62. The smallest absolute Gasteiger partial charge is 0.379 e.